The fourth-order valence-corrected chi connectivity index (χ4v) is 2.85. The van der Waals surface area contributed by atoms with Crippen LogP contribution in [-0.4, -0.2) is 37.0 Å². The van der Waals surface area contributed by atoms with Gasteiger partial charge in [0.1, 0.15) is 3.92 Å². The summed E-state index contributed by atoms with van der Waals surface area (Å²) in [6, 6.07) is 2.27. The molecule has 0 aliphatic rings. The molecule has 0 bridgehead atoms. The molecule has 1 heterocycles. The molecule has 1 N–H and O–H groups in total. The lowest BCUT2D eigenvalue weighted by Gasteiger charge is -2.09. The minimum Gasteiger partial charge on any atom is -0.468 e. The Balaban J connectivity index is 2.78. The van der Waals surface area contributed by atoms with Crippen LogP contribution in [0.15, 0.2) is 23.4 Å². The van der Waals surface area contributed by atoms with Gasteiger partial charge < -0.3 is 4.74 Å². The lowest BCUT2D eigenvalue weighted by Crippen LogP contribution is -2.34. The maximum absolute atomic E-state index is 13.3. The van der Waals surface area contributed by atoms with Crippen molar-refractivity contribution in [2.75, 3.05) is 13.7 Å². The molecule has 1 aromatic rings. The number of alkyl halides is 1. The summed E-state index contributed by atoms with van der Waals surface area (Å²) in [6.07, 6.45) is 1.17. The van der Waals surface area contributed by atoms with Crippen molar-refractivity contribution in [2.45, 2.75) is 8.95 Å². The fraction of sp³-hybridized carbons (Fsp3) is 0.333. The van der Waals surface area contributed by atoms with E-state index in [1.54, 1.807) is 22.6 Å². The molecule has 1 rings (SSSR count). The molecule has 18 heavy (non-hydrogen) atoms. The van der Waals surface area contributed by atoms with Crippen molar-refractivity contribution in [3.8, 4) is 0 Å². The van der Waals surface area contributed by atoms with Crippen LogP contribution < -0.4 is 4.72 Å². The predicted molar refractivity (Wildman–Crippen MR) is 69.2 cm³/mol. The zero-order valence-corrected chi connectivity index (χ0v) is 12.2. The molecule has 0 spiro atoms. The van der Waals surface area contributed by atoms with Crippen molar-refractivity contribution >= 4 is 38.6 Å². The number of methoxy groups -OCH3 is 1. The van der Waals surface area contributed by atoms with Gasteiger partial charge in [-0.05, 0) is 12.1 Å². The van der Waals surface area contributed by atoms with Crippen molar-refractivity contribution in [2.24, 2.45) is 0 Å². The SMILES string of the molecule is COC(=O)C(I)CNS(=O)(=O)c1ncccc1F. The standard InChI is InChI=1S/C9H10FIN2O4S/c1-17-9(14)7(11)5-13-18(15,16)8-6(10)3-2-4-12-8/h2-4,7,13H,5H2,1H3. The Morgan fingerprint density at radius 1 is 1.67 bits per heavy atom. The average molecular weight is 388 g/mol. The molecular weight excluding hydrogens is 378 g/mol. The molecule has 0 saturated heterocycles. The Hall–Kier alpha value is -0.810. The van der Waals surface area contributed by atoms with Gasteiger partial charge in [-0.25, -0.2) is 22.5 Å². The lowest BCUT2D eigenvalue weighted by atomic mass is 10.4. The van der Waals surface area contributed by atoms with Gasteiger partial charge >= 0.3 is 5.97 Å². The van der Waals surface area contributed by atoms with Crippen molar-refractivity contribution in [1.82, 2.24) is 9.71 Å². The molecule has 0 aliphatic carbocycles. The number of aromatic nitrogens is 1. The summed E-state index contributed by atoms with van der Waals surface area (Å²) in [6.45, 7) is -0.203. The van der Waals surface area contributed by atoms with Crippen LogP contribution in [0.3, 0.4) is 0 Å². The molecule has 1 unspecified atom stereocenters. The quantitative estimate of drug-likeness (QED) is 0.451. The third kappa shape index (κ3) is 3.85. The molecule has 0 amide bonds. The van der Waals surface area contributed by atoms with Gasteiger partial charge in [-0.3, -0.25) is 4.79 Å². The third-order valence-corrected chi connectivity index (χ3v) is 4.19. The van der Waals surface area contributed by atoms with E-state index >= 15 is 0 Å². The number of hydrogen-bond donors (Lipinski definition) is 1. The fourth-order valence-electron chi connectivity index (χ4n) is 1.03. The number of carbonyl (C=O) groups is 1. The highest BCUT2D eigenvalue weighted by Crippen LogP contribution is 2.10. The number of halogens is 2. The molecule has 0 aliphatic heterocycles. The van der Waals surface area contributed by atoms with Gasteiger partial charge in [-0.15, -0.1) is 0 Å². The number of ether oxygens (including phenoxy) is 1. The predicted octanol–water partition coefficient (Wildman–Crippen LogP) is 0.476. The van der Waals surface area contributed by atoms with E-state index in [1.807, 2.05) is 0 Å². The van der Waals surface area contributed by atoms with E-state index in [1.165, 1.54) is 19.4 Å². The van der Waals surface area contributed by atoms with Crippen molar-refractivity contribution < 1.29 is 22.3 Å². The van der Waals surface area contributed by atoms with E-state index in [9.17, 15) is 17.6 Å². The Morgan fingerprint density at radius 2 is 2.33 bits per heavy atom. The molecule has 6 nitrogen and oxygen atoms in total. The number of hydrogen-bond acceptors (Lipinski definition) is 5. The van der Waals surface area contributed by atoms with Gasteiger partial charge in [-0.2, -0.15) is 0 Å². The summed E-state index contributed by atoms with van der Waals surface area (Å²) in [4.78, 5) is 14.5. The zero-order chi connectivity index (χ0) is 13.8. The Labute approximate surface area is 117 Å². The van der Waals surface area contributed by atoms with Crippen molar-refractivity contribution in [3.05, 3.63) is 24.1 Å². The van der Waals surface area contributed by atoms with Crippen molar-refractivity contribution in [3.63, 3.8) is 0 Å². The summed E-state index contributed by atoms with van der Waals surface area (Å²) >= 11 is 1.72. The molecule has 0 fully saturated rings. The van der Waals surface area contributed by atoms with Gasteiger partial charge in [0.05, 0.1) is 7.11 Å². The second-order valence-electron chi connectivity index (χ2n) is 3.13. The number of rotatable bonds is 5. The minimum atomic E-state index is -4.08. The highest BCUT2D eigenvalue weighted by molar-refractivity contribution is 14.1. The summed E-state index contributed by atoms with van der Waals surface area (Å²) < 4.78 is 42.5. The zero-order valence-electron chi connectivity index (χ0n) is 9.26. The van der Waals surface area contributed by atoms with Crippen LogP contribution in [-0.2, 0) is 19.6 Å². The minimum absolute atomic E-state index is 0.203. The largest absolute Gasteiger partial charge is 0.468 e. The van der Waals surface area contributed by atoms with Gasteiger partial charge in [0.2, 0.25) is 5.03 Å². The van der Waals surface area contributed by atoms with Crippen LogP contribution >= 0.6 is 22.6 Å². The maximum Gasteiger partial charge on any atom is 0.319 e. The number of nitrogens with one attached hydrogen (secondary N) is 1. The topological polar surface area (TPSA) is 85.4 Å². The number of pyridine rings is 1. The van der Waals surface area contributed by atoms with Crippen molar-refractivity contribution in [1.29, 1.82) is 0 Å². The van der Waals surface area contributed by atoms with Crippen LogP contribution in [0, 0.1) is 5.82 Å². The van der Waals surface area contributed by atoms with Gasteiger partial charge in [0.25, 0.3) is 10.0 Å². The number of carbonyl (C=O) groups excluding carboxylic acids is 1. The van der Waals surface area contributed by atoms with Crippen LogP contribution in [0.5, 0.6) is 0 Å². The molecule has 0 radical (unpaired) electrons. The number of nitrogens with zero attached hydrogens (tertiary/aromatic N) is 1. The summed E-state index contributed by atoms with van der Waals surface area (Å²) in [5.74, 6) is -1.52. The monoisotopic (exact) mass is 388 g/mol. The lowest BCUT2D eigenvalue weighted by molar-refractivity contribution is -0.139. The number of esters is 1. The molecule has 1 atom stereocenters. The van der Waals surface area contributed by atoms with E-state index in [-0.39, 0.29) is 6.54 Å². The Morgan fingerprint density at radius 3 is 2.89 bits per heavy atom. The van der Waals surface area contributed by atoms with E-state index in [0.717, 1.165) is 6.07 Å². The Kier molecular flexibility index (Phi) is 5.41. The second-order valence-corrected chi connectivity index (χ2v) is 6.32. The molecule has 1 aromatic heterocycles. The van der Waals surface area contributed by atoms with Crippen LogP contribution in [0.25, 0.3) is 0 Å². The first-order valence-electron chi connectivity index (χ1n) is 4.70. The van der Waals surface area contributed by atoms with Gasteiger partial charge in [0.15, 0.2) is 5.82 Å². The first kappa shape index (κ1) is 15.2. The Bertz CT molecular complexity index is 537. The highest BCUT2D eigenvalue weighted by Gasteiger charge is 2.23. The van der Waals surface area contributed by atoms with Gasteiger partial charge in [0, 0.05) is 12.7 Å². The second kappa shape index (κ2) is 6.38. The first-order chi connectivity index (χ1) is 8.38. The summed E-state index contributed by atoms with van der Waals surface area (Å²) in [5, 5.41) is -0.696. The van der Waals surface area contributed by atoms with E-state index in [0.29, 0.717) is 0 Å². The molecular formula is C9H10FIN2O4S. The summed E-state index contributed by atoms with van der Waals surface area (Å²) in [7, 11) is -2.88. The van der Waals surface area contributed by atoms with Crippen LogP contribution in [0.1, 0.15) is 0 Å². The van der Waals surface area contributed by atoms with Crippen LogP contribution in [0.2, 0.25) is 0 Å². The first-order valence-corrected chi connectivity index (χ1v) is 7.43. The van der Waals surface area contributed by atoms with E-state index < -0.39 is 30.8 Å². The van der Waals surface area contributed by atoms with Gasteiger partial charge in [-0.1, -0.05) is 22.6 Å². The highest BCUT2D eigenvalue weighted by atomic mass is 127. The molecule has 100 valence electrons. The normalized spacial score (nSPS) is 13.1. The number of sulfonamides is 1. The molecule has 9 heteroatoms. The maximum atomic E-state index is 13.3. The van der Waals surface area contributed by atoms with Crippen LogP contribution in [0.4, 0.5) is 4.39 Å². The third-order valence-electron chi connectivity index (χ3n) is 1.89. The smallest absolute Gasteiger partial charge is 0.319 e. The average Bonchev–Trinajstić information content (AvgIpc) is 2.35. The molecule has 0 saturated carbocycles. The van der Waals surface area contributed by atoms with E-state index in [4.69, 9.17) is 0 Å². The molecule has 0 aromatic carbocycles. The van der Waals surface area contributed by atoms with E-state index in [2.05, 4.69) is 14.4 Å². The summed E-state index contributed by atoms with van der Waals surface area (Å²) in [5.41, 5.74) is 0.